The van der Waals surface area contributed by atoms with Gasteiger partial charge in [0.15, 0.2) is 14.9 Å². The largest absolute Gasteiger partial charge is 0.433 e. The number of sulfonamides is 1. The Morgan fingerprint density at radius 2 is 1.79 bits per heavy atom. The highest BCUT2D eigenvalue weighted by atomic mass is 32.2. The number of nitrogens with one attached hydrogen (secondary N) is 2. The summed E-state index contributed by atoms with van der Waals surface area (Å²) in [5.74, 6) is -1.01. The fourth-order valence-electron chi connectivity index (χ4n) is 2.91. The third kappa shape index (κ3) is 7.83. The van der Waals surface area contributed by atoms with E-state index < -0.39 is 48.4 Å². The number of hydrogen-bond acceptors (Lipinski definition) is 6. The molecule has 2 N–H and O–H groups in total. The van der Waals surface area contributed by atoms with E-state index in [2.05, 4.69) is 15.0 Å². The highest BCUT2D eigenvalue weighted by Gasteiger charge is 2.34. The standard InChI is InChI=1S/C21H24F3N3O5S2/c1-4-11-34(31,32)20-16(6-9-18(26-20)21(22,23)24)7-10-19(28)25-13-15-5-8-17(14(2)12-15)27-33(3,29)30/h5-10,12,27H,4,11,13H2,1-3H3,(H,25,28)/b10-7-. The second kappa shape index (κ2) is 10.6. The quantitative estimate of drug-likeness (QED) is 0.490. The molecule has 0 fully saturated rings. The van der Waals surface area contributed by atoms with Crippen LogP contribution in [0.1, 0.15) is 35.7 Å². The van der Waals surface area contributed by atoms with Crippen LogP contribution in [0, 0.1) is 6.92 Å². The molecule has 186 valence electrons. The van der Waals surface area contributed by atoms with Gasteiger partial charge in [-0.25, -0.2) is 21.8 Å². The third-order valence-corrected chi connectivity index (χ3v) is 6.87. The van der Waals surface area contributed by atoms with E-state index in [0.717, 1.165) is 24.5 Å². The minimum absolute atomic E-state index is 0.0788. The van der Waals surface area contributed by atoms with Gasteiger partial charge in [-0.05, 0) is 48.7 Å². The Morgan fingerprint density at radius 3 is 2.35 bits per heavy atom. The van der Waals surface area contributed by atoms with Gasteiger partial charge in [0.1, 0.15) is 5.69 Å². The molecule has 0 saturated heterocycles. The van der Waals surface area contributed by atoms with Gasteiger partial charge >= 0.3 is 6.18 Å². The average Bonchev–Trinajstić information content (AvgIpc) is 2.70. The topological polar surface area (TPSA) is 122 Å². The van der Waals surface area contributed by atoms with Gasteiger partial charge in [-0.3, -0.25) is 9.52 Å². The molecule has 34 heavy (non-hydrogen) atoms. The Hall–Kier alpha value is -2.93. The minimum atomic E-state index is -4.82. The number of hydrogen-bond donors (Lipinski definition) is 2. The van der Waals surface area contributed by atoms with Crippen molar-refractivity contribution in [2.75, 3.05) is 16.7 Å². The van der Waals surface area contributed by atoms with Crippen LogP contribution in [-0.4, -0.2) is 39.7 Å². The zero-order valence-electron chi connectivity index (χ0n) is 18.6. The lowest BCUT2D eigenvalue weighted by molar-refractivity contribution is -0.141. The van der Waals surface area contributed by atoms with Crippen molar-refractivity contribution in [3.63, 3.8) is 0 Å². The van der Waals surface area contributed by atoms with Crippen molar-refractivity contribution >= 4 is 37.5 Å². The molecule has 0 bridgehead atoms. The molecule has 0 aliphatic carbocycles. The Bertz CT molecular complexity index is 1310. The maximum absolute atomic E-state index is 13.0. The highest BCUT2D eigenvalue weighted by Crippen LogP contribution is 2.30. The Morgan fingerprint density at radius 1 is 1.12 bits per heavy atom. The number of pyridine rings is 1. The average molecular weight is 520 g/mol. The third-order valence-electron chi connectivity index (χ3n) is 4.41. The van der Waals surface area contributed by atoms with E-state index >= 15 is 0 Å². The summed E-state index contributed by atoms with van der Waals surface area (Å²) in [6, 6.07) is 6.44. The number of carbonyl (C=O) groups excluding carboxylic acids is 1. The predicted octanol–water partition coefficient (Wildman–Crippen LogP) is 3.29. The van der Waals surface area contributed by atoms with Crippen molar-refractivity contribution in [2.24, 2.45) is 0 Å². The van der Waals surface area contributed by atoms with E-state index in [1.165, 1.54) is 0 Å². The lowest BCUT2D eigenvalue weighted by atomic mass is 10.1. The van der Waals surface area contributed by atoms with Gasteiger partial charge in [0.25, 0.3) is 0 Å². The second-order valence-electron chi connectivity index (χ2n) is 7.48. The number of halogens is 3. The van der Waals surface area contributed by atoms with Gasteiger partial charge < -0.3 is 5.32 Å². The summed E-state index contributed by atoms with van der Waals surface area (Å²) in [7, 11) is -7.53. The molecule has 0 aliphatic heterocycles. The van der Waals surface area contributed by atoms with Crippen LogP contribution < -0.4 is 10.0 Å². The monoisotopic (exact) mass is 519 g/mol. The van der Waals surface area contributed by atoms with E-state index in [4.69, 9.17) is 0 Å². The second-order valence-corrected chi connectivity index (χ2v) is 11.3. The number of anilines is 1. The molecule has 1 heterocycles. The van der Waals surface area contributed by atoms with E-state index in [1.807, 2.05) is 0 Å². The molecule has 8 nitrogen and oxygen atoms in total. The van der Waals surface area contributed by atoms with Crippen molar-refractivity contribution in [3.05, 3.63) is 58.8 Å². The van der Waals surface area contributed by atoms with Crippen LogP contribution >= 0.6 is 0 Å². The van der Waals surface area contributed by atoms with Crippen LogP contribution in [0.2, 0.25) is 0 Å². The van der Waals surface area contributed by atoms with Crippen LogP contribution in [0.5, 0.6) is 0 Å². The van der Waals surface area contributed by atoms with Gasteiger partial charge in [-0.2, -0.15) is 13.2 Å². The number of sulfone groups is 1. The fraction of sp³-hybridized carbons (Fsp3) is 0.333. The van der Waals surface area contributed by atoms with Crippen molar-refractivity contribution < 1.29 is 34.8 Å². The lowest BCUT2D eigenvalue weighted by Crippen LogP contribution is -2.20. The zero-order valence-corrected chi connectivity index (χ0v) is 20.2. The first-order valence-corrected chi connectivity index (χ1v) is 13.5. The first kappa shape index (κ1) is 27.3. The molecule has 0 unspecified atom stereocenters. The van der Waals surface area contributed by atoms with Gasteiger partial charge in [0.05, 0.1) is 17.7 Å². The minimum Gasteiger partial charge on any atom is -0.348 e. The normalized spacial score (nSPS) is 12.6. The van der Waals surface area contributed by atoms with Crippen LogP contribution in [0.15, 0.2) is 41.4 Å². The summed E-state index contributed by atoms with van der Waals surface area (Å²) >= 11 is 0. The van der Waals surface area contributed by atoms with E-state index in [9.17, 15) is 34.8 Å². The predicted molar refractivity (Wildman–Crippen MR) is 122 cm³/mol. The van der Waals surface area contributed by atoms with Gasteiger partial charge in [-0.1, -0.05) is 19.1 Å². The number of alkyl halides is 3. The van der Waals surface area contributed by atoms with Crippen molar-refractivity contribution in [1.82, 2.24) is 10.3 Å². The summed E-state index contributed by atoms with van der Waals surface area (Å²) in [4.78, 5) is 15.5. The van der Waals surface area contributed by atoms with Crippen LogP contribution in [0.4, 0.5) is 18.9 Å². The molecule has 0 atom stereocenters. The number of rotatable bonds is 9. The SMILES string of the molecule is CCCS(=O)(=O)c1nc(C(F)(F)F)ccc1/C=C\C(=O)NCc1ccc(NS(C)(=O)=O)c(C)c1. The molecule has 13 heteroatoms. The summed E-state index contributed by atoms with van der Waals surface area (Å²) in [6.45, 7) is 3.34. The zero-order chi connectivity index (χ0) is 25.7. The maximum atomic E-state index is 13.0. The van der Waals surface area contributed by atoms with Crippen molar-refractivity contribution in [2.45, 2.75) is 38.0 Å². The van der Waals surface area contributed by atoms with E-state index in [1.54, 1.807) is 32.0 Å². The molecule has 0 saturated carbocycles. The number of nitrogens with zero attached hydrogens (tertiary/aromatic N) is 1. The molecule has 0 aliphatic rings. The molecule has 2 rings (SSSR count). The van der Waals surface area contributed by atoms with Crippen molar-refractivity contribution in [1.29, 1.82) is 0 Å². The number of amides is 1. The first-order valence-electron chi connectivity index (χ1n) is 9.96. The Labute approximate surface area is 196 Å². The van der Waals surface area contributed by atoms with Crippen LogP contribution in [0.25, 0.3) is 6.08 Å². The molecule has 2 aromatic rings. The summed E-state index contributed by atoms with van der Waals surface area (Å²) < 4.78 is 89.0. The molecule has 1 amide bonds. The smallest absolute Gasteiger partial charge is 0.348 e. The number of aromatic nitrogens is 1. The molecule has 0 spiro atoms. The molecule has 1 aromatic carbocycles. The van der Waals surface area contributed by atoms with Crippen molar-refractivity contribution in [3.8, 4) is 0 Å². The summed E-state index contributed by atoms with van der Waals surface area (Å²) in [6.07, 6.45) is -1.52. The fourth-order valence-corrected chi connectivity index (χ4v) is 5.01. The molecular formula is C21H24F3N3O5S2. The Kier molecular flexibility index (Phi) is 8.48. The van der Waals surface area contributed by atoms with Gasteiger partial charge in [0.2, 0.25) is 15.9 Å². The number of aryl methyl sites for hydroxylation is 1. The molecular weight excluding hydrogens is 495 g/mol. The van der Waals surface area contributed by atoms with E-state index in [0.29, 0.717) is 22.9 Å². The Balaban J connectivity index is 2.19. The first-order chi connectivity index (χ1) is 15.6. The summed E-state index contributed by atoms with van der Waals surface area (Å²) in [5.41, 5.74) is 0.222. The number of benzene rings is 1. The van der Waals surface area contributed by atoms with Gasteiger partial charge in [0, 0.05) is 18.2 Å². The molecule has 0 radical (unpaired) electrons. The maximum Gasteiger partial charge on any atom is 0.433 e. The lowest BCUT2D eigenvalue weighted by Gasteiger charge is -2.11. The van der Waals surface area contributed by atoms with E-state index in [-0.39, 0.29) is 18.5 Å². The van der Waals surface area contributed by atoms with Crippen LogP contribution in [0.3, 0.4) is 0 Å². The van der Waals surface area contributed by atoms with Gasteiger partial charge in [-0.15, -0.1) is 0 Å². The van der Waals surface area contributed by atoms with Crippen LogP contribution in [-0.2, 0) is 37.4 Å². The highest BCUT2D eigenvalue weighted by molar-refractivity contribution is 7.92. The number of carbonyl (C=O) groups is 1. The summed E-state index contributed by atoms with van der Waals surface area (Å²) in [5, 5.41) is 1.83. The molecule has 1 aromatic heterocycles.